The molecular weight excluding hydrogens is 289 g/mol. The Labute approximate surface area is 108 Å². The number of halogens is 2. The maximum absolute atomic E-state index is 13.4. The number of aromatic hydroxyl groups is 1. The van der Waals surface area contributed by atoms with Crippen LogP contribution in [0.2, 0.25) is 0 Å². The first kappa shape index (κ1) is 14.0. The Morgan fingerprint density at radius 3 is 2.71 bits per heavy atom. The van der Waals surface area contributed by atoms with Gasteiger partial charge in [0.2, 0.25) is 0 Å². The Balaban J connectivity index is 2.70. The molecule has 5 heteroatoms. The van der Waals surface area contributed by atoms with Crippen molar-refractivity contribution in [3.8, 4) is 5.75 Å². The predicted octanol–water partition coefficient (Wildman–Crippen LogP) is 2.82. The Hall–Kier alpha value is -1.10. The van der Waals surface area contributed by atoms with Crippen molar-refractivity contribution in [1.82, 2.24) is 5.32 Å². The molecule has 0 bridgehead atoms. The van der Waals surface area contributed by atoms with Gasteiger partial charge < -0.3 is 10.4 Å². The van der Waals surface area contributed by atoms with Crippen molar-refractivity contribution in [3.63, 3.8) is 0 Å². The minimum absolute atomic E-state index is 0.0509. The summed E-state index contributed by atoms with van der Waals surface area (Å²) in [4.78, 5) is 12.0. The maximum Gasteiger partial charge on any atom is 0.254 e. The summed E-state index contributed by atoms with van der Waals surface area (Å²) in [5.74, 6) is -1.38. The molecule has 3 nitrogen and oxygen atoms in total. The predicted molar refractivity (Wildman–Crippen MR) is 68.0 cm³/mol. The molecule has 94 valence electrons. The average Bonchev–Trinajstić information content (AvgIpc) is 2.15. The van der Waals surface area contributed by atoms with Crippen molar-refractivity contribution >= 4 is 21.8 Å². The van der Waals surface area contributed by atoms with Gasteiger partial charge in [-0.1, -0.05) is 22.9 Å². The zero-order chi connectivity index (χ0) is 13.0. The molecule has 0 saturated heterocycles. The number of benzene rings is 1. The van der Waals surface area contributed by atoms with E-state index in [1.165, 1.54) is 12.1 Å². The first-order valence-corrected chi connectivity index (χ1v) is 6.25. The van der Waals surface area contributed by atoms with Crippen molar-refractivity contribution in [3.05, 3.63) is 29.6 Å². The summed E-state index contributed by atoms with van der Waals surface area (Å²) in [6.07, 6.45) is 0.755. The van der Waals surface area contributed by atoms with Gasteiger partial charge in [0.25, 0.3) is 5.91 Å². The van der Waals surface area contributed by atoms with Crippen LogP contribution in [-0.2, 0) is 0 Å². The molecule has 1 aromatic rings. The third kappa shape index (κ3) is 4.34. The SMILES string of the molecule is CC(Br)CC(C)NC(=O)c1ccc(O)cc1F. The van der Waals surface area contributed by atoms with Gasteiger partial charge in [0, 0.05) is 16.9 Å². The number of carbonyl (C=O) groups excluding carboxylic acids is 1. The molecule has 0 aromatic heterocycles. The summed E-state index contributed by atoms with van der Waals surface area (Å²) >= 11 is 3.39. The number of hydrogen-bond donors (Lipinski definition) is 2. The molecule has 0 radical (unpaired) electrons. The molecule has 0 aliphatic heterocycles. The van der Waals surface area contributed by atoms with Crippen molar-refractivity contribution in [2.75, 3.05) is 0 Å². The number of phenolic OH excluding ortho intramolecular Hbond substituents is 1. The van der Waals surface area contributed by atoms with E-state index in [1.54, 1.807) is 0 Å². The van der Waals surface area contributed by atoms with Gasteiger partial charge in [0.15, 0.2) is 0 Å². The van der Waals surface area contributed by atoms with Gasteiger partial charge in [-0.2, -0.15) is 0 Å². The smallest absolute Gasteiger partial charge is 0.254 e. The summed E-state index contributed by atoms with van der Waals surface area (Å²) in [5.41, 5.74) is -0.0584. The van der Waals surface area contributed by atoms with E-state index in [-0.39, 0.29) is 22.2 Å². The molecule has 0 spiro atoms. The quantitative estimate of drug-likeness (QED) is 0.840. The summed E-state index contributed by atoms with van der Waals surface area (Å²) < 4.78 is 13.4. The van der Waals surface area contributed by atoms with Crippen LogP contribution in [0.15, 0.2) is 18.2 Å². The Morgan fingerprint density at radius 1 is 1.53 bits per heavy atom. The number of amides is 1. The summed E-state index contributed by atoms with van der Waals surface area (Å²) in [7, 11) is 0. The Bertz CT molecular complexity index is 409. The van der Waals surface area contributed by atoms with Gasteiger partial charge in [-0.05, 0) is 25.5 Å². The highest BCUT2D eigenvalue weighted by Crippen LogP contribution is 2.15. The van der Waals surface area contributed by atoms with Crippen molar-refractivity contribution < 1.29 is 14.3 Å². The van der Waals surface area contributed by atoms with Crippen LogP contribution in [0.25, 0.3) is 0 Å². The van der Waals surface area contributed by atoms with Crippen LogP contribution in [0.5, 0.6) is 5.75 Å². The number of rotatable bonds is 4. The van der Waals surface area contributed by atoms with Gasteiger partial charge >= 0.3 is 0 Å². The van der Waals surface area contributed by atoms with Gasteiger partial charge in [0.05, 0.1) is 5.56 Å². The van der Waals surface area contributed by atoms with Gasteiger partial charge in [-0.15, -0.1) is 0 Å². The molecule has 1 amide bonds. The lowest BCUT2D eigenvalue weighted by Gasteiger charge is -2.15. The standard InChI is InChI=1S/C12H15BrFNO2/c1-7(13)5-8(2)15-12(17)10-4-3-9(16)6-11(10)14/h3-4,6-8,16H,5H2,1-2H3,(H,15,17). The van der Waals surface area contributed by atoms with E-state index in [0.29, 0.717) is 0 Å². The molecule has 2 atom stereocenters. The molecule has 2 N–H and O–H groups in total. The number of phenols is 1. The zero-order valence-electron chi connectivity index (χ0n) is 9.71. The third-order valence-corrected chi connectivity index (χ3v) is 2.63. The van der Waals surface area contributed by atoms with E-state index >= 15 is 0 Å². The van der Waals surface area contributed by atoms with Crippen LogP contribution in [0.4, 0.5) is 4.39 Å². The Kier molecular flexibility index (Phi) is 4.93. The highest BCUT2D eigenvalue weighted by atomic mass is 79.9. The largest absolute Gasteiger partial charge is 0.508 e. The lowest BCUT2D eigenvalue weighted by molar-refractivity contribution is 0.0934. The average molecular weight is 304 g/mol. The van der Waals surface area contributed by atoms with Crippen molar-refractivity contribution in [2.24, 2.45) is 0 Å². The summed E-state index contributed by atoms with van der Waals surface area (Å²) in [6.45, 7) is 3.83. The van der Waals surface area contributed by atoms with Crippen LogP contribution >= 0.6 is 15.9 Å². The maximum atomic E-state index is 13.4. The molecule has 0 aliphatic rings. The molecule has 0 fully saturated rings. The summed E-state index contributed by atoms with van der Waals surface area (Å²) in [6, 6.07) is 3.43. The van der Waals surface area contributed by atoms with Gasteiger partial charge in [0.1, 0.15) is 11.6 Å². The molecule has 0 aliphatic carbocycles. The van der Waals surface area contributed by atoms with E-state index in [1.807, 2.05) is 13.8 Å². The molecular formula is C12H15BrFNO2. The topological polar surface area (TPSA) is 49.3 Å². The van der Waals surface area contributed by atoms with Gasteiger partial charge in [-0.25, -0.2) is 4.39 Å². The van der Waals surface area contributed by atoms with E-state index in [2.05, 4.69) is 21.2 Å². The Morgan fingerprint density at radius 2 is 2.18 bits per heavy atom. The monoisotopic (exact) mass is 303 g/mol. The second kappa shape index (κ2) is 6.00. The molecule has 2 unspecified atom stereocenters. The molecule has 0 saturated carbocycles. The molecule has 0 heterocycles. The lowest BCUT2D eigenvalue weighted by Crippen LogP contribution is -2.34. The second-order valence-electron chi connectivity index (χ2n) is 4.06. The highest BCUT2D eigenvalue weighted by Gasteiger charge is 2.15. The van der Waals surface area contributed by atoms with Crippen LogP contribution in [-0.4, -0.2) is 21.9 Å². The first-order valence-electron chi connectivity index (χ1n) is 5.33. The minimum Gasteiger partial charge on any atom is -0.508 e. The first-order chi connectivity index (χ1) is 7.90. The third-order valence-electron chi connectivity index (χ3n) is 2.25. The molecule has 1 rings (SSSR count). The number of hydrogen-bond acceptors (Lipinski definition) is 2. The van der Waals surface area contributed by atoms with Crippen molar-refractivity contribution in [2.45, 2.75) is 31.1 Å². The van der Waals surface area contributed by atoms with Crippen molar-refractivity contribution in [1.29, 1.82) is 0 Å². The number of nitrogens with one attached hydrogen (secondary N) is 1. The fraction of sp³-hybridized carbons (Fsp3) is 0.417. The van der Waals surface area contributed by atoms with E-state index in [4.69, 9.17) is 5.11 Å². The second-order valence-corrected chi connectivity index (χ2v) is 5.62. The molecule has 1 aromatic carbocycles. The van der Waals surface area contributed by atoms with E-state index in [9.17, 15) is 9.18 Å². The highest BCUT2D eigenvalue weighted by molar-refractivity contribution is 9.09. The van der Waals surface area contributed by atoms with Crippen LogP contribution < -0.4 is 5.32 Å². The zero-order valence-corrected chi connectivity index (χ0v) is 11.3. The van der Waals surface area contributed by atoms with Crippen LogP contribution in [0.3, 0.4) is 0 Å². The molecule has 17 heavy (non-hydrogen) atoms. The fourth-order valence-corrected chi connectivity index (χ4v) is 2.10. The fourth-order valence-electron chi connectivity index (χ4n) is 1.54. The van der Waals surface area contributed by atoms with Crippen LogP contribution in [0.1, 0.15) is 30.6 Å². The van der Waals surface area contributed by atoms with Gasteiger partial charge in [-0.3, -0.25) is 4.79 Å². The lowest BCUT2D eigenvalue weighted by atomic mass is 10.1. The normalized spacial score (nSPS) is 14.1. The number of carbonyl (C=O) groups is 1. The van der Waals surface area contributed by atoms with Crippen LogP contribution in [0, 0.1) is 5.82 Å². The number of alkyl halides is 1. The van der Waals surface area contributed by atoms with E-state index in [0.717, 1.165) is 12.5 Å². The van der Waals surface area contributed by atoms with E-state index < -0.39 is 11.7 Å². The summed E-state index contributed by atoms with van der Waals surface area (Å²) in [5, 5.41) is 11.7. The minimum atomic E-state index is -0.721.